The molecule has 7 heteroatoms. The number of aryl methyl sites for hydroxylation is 2. The second-order valence-electron chi connectivity index (χ2n) is 7.33. The minimum atomic E-state index is -0.459. The van der Waals surface area contributed by atoms with Crippen molar-refractivity contribution in [3.8, 4) is 16.9 Å². The van der Waals surface area contributed by atoms with Gasteiger partial charge in [-0.2, -0.15) is 0 Å². The summed E-state index contributed by atoms with van der Waals surface area (Å²) in [5.41, 5.74) is 5.08. The minimum Gasteiger partial charge on any atom is -0.468 e. The zero-order valence-corrected chi connectivity index (χ0v) is 20.0. The van der Waals surface area contributed by atoms with Gasteiger partial charge >= 0.3 is 5.97 Å². The maximum absolute atomic E-state index is 12.8. The Hall–Kier alpha value is -3.42. The zero-order chi connectivity index (χ0) is 23.8. The van der Waals surface area contributed by atoms with Gasteiger partial charge in [-0.05, 0) is 55.7 Å². The van der Waals surface area contributed by atoms with Gasteiger partial charge in [0.15, 0.2) is 6.79 Å². The average Bonchev–Trinajstić information content (AvgIpc) is 3.20. The molecule has 1 heterocycles. The normalized spacial score (nSPS) is 10.9. The lowest BCUT2D eigenvalue weighted by Gasteiger charge is -2.10. The molecule has 0 aliphatic rings. The highest BCUT2D eigenvalue weighted by Crippen LogP contribution is 2.38. The molecule has 2 aromatic carbocycles. The smallest absolute Gasteiger partial charge is 0.341 e. The number of carbonyl (C=O) groups is 2. The van der Waals surface area contributed by atoms with Crippen LogP contribution in [0.1, 0.15) is 34.0 Å². The van der Waals surface area contributed by atoms with Crippen molar-refractivity contribution in [3.63, 3.8) is 0 Å². The third-order valence-corrected chi connectivity index (χ3v) is 5.73. The maximum Gasteiger partial charge on any atom is 0.341 e. The topological polar surface area (TPSA) is 73.9 Å². The number of rotatable bonds is 9. The van der Waals surface area contributed by atoms with Gasteiger partial charge in [-0.3, -0.25) is 4.79 Å². The Morgan fingerprint density at radius 1 is 1.06 bits per heavy atom. The number of hydrogen-bond donors (Lipinski definition) is 1. The van der Waals surface area contributed by atoms with E-state index in [4.69, 9.17) is 14.2 Å². The molecule has 1 N–H and O–H groups in total. The largest absolute Gasteiger partial charge is 0.468 e. The summed E-state index contributed by atoms with van der Waals surface area (Å²) in [6.07, 6.45) is 3.12. The van der Waals surface area contributed by atoms with E-state index >= 15 is 0 Å². The predicted molar refractivity (Wildman–Crippen MR) is 132 cm³/mol. The molecular weight excluding hydrogens is 438 g/mol. The highest BCUT2D eigenvalue weighted by atomic mass is 32.1. The van der Waals surface area contributed by atoms with E-state index < -0.39 is 5.97 Å². The van der Waals surface area contributed by atoms with Crippen molar-refractivity contribution < 1.29 is 23.8 Å². The van der Waals surface area contributed by atoms with Crippen LogP contribution in [0, 0.1) is 13.8 Å². The fourth-order valence-electron chi connectivity index (χ4n) is 3.30. The van der Waals surface area contributed by atoms with Gasteiger partial charge in [-0.1, -0.05) is 35.9 Å². The van der Waals surface area contributed by atoms with Crippen molar-refractivity contribution in [2.45, 2.75) is 20.8 Å². The van der Waals surface area contributed by atoms with Crippen LogP contribution in [-0.4, -0.2) is 32.4 Å². The summed E-state index contributed by atoms with van der Waals surface area (Å²) < 4.78 is 15.5. The first-order valence-corrected chi connectivity index (χ1v) is 11.4. The van der Waals surface area contributed by atoms with Crippen LogP contribution in [0.3, 0.4) is 0 Å². The number of amides is 1. The van der Waals surface area contributed by atoms with E-state index in [1.54, 1.807) is 32.2 Å². The Morgan fingerprint density at radius 3 is 2.48 bits per heavy atom. The second kappa shape index (κ2) is 11.4. The van der Waals surface area contributed by atoms with E-state index in [1.165, 1.54) is 17.4 Å². The summed E-state index contributed by atoms with van der Waals surface area (Å²) in [7, 11) is 1.56. The molecule has 0 unspecified atom stereocenters. The van der Waals surface area contributed by atoms with Crippen LogP contribution in [0.15, 0.2) is 53.9 Å². The van der Waals surface area contributed by atoms with Gasteiger partial charge in [0.05, 0.1) is 6.61 Å². The molecule has 0 atom stereocenters. The monoisotopic (exact) mass is 465 g/mol. The number of anilines is 1. The highest BCUT2D eigenvalue weighted by molar-refractivity contribution is 7.15. The summed E-state index contributed by atoms with van der Waals surface area (Å²) in [5, 5.41) is 5.17. The molecule has 0 radical (unpaired) electrons. The highest BCUT2D eigenvalue weighted by Gasteiger charge is 2.23. The molecule has 1 amide bonds. The van der Waals surface area contributed by atoms with Crippen molar-refractivity contribution in [3.05, 3.63) is 76.2 Å². The van der Waals surface area contributed by atoms with E-state index in [2.05, 4.69) is 11.4 Å². The number of ether oxygens (including phenoxy) is 3. The Balaban J connectivity index is 1.81. The van der Waals surface area contributed by atoms with Gasteiger partial charge in [0.2, 0.25) is 5.91 Å². The van der Waals surface area contributed by atoms with Crippen molar-refractivity contribution in [2.75, 3.05) is 25.8 Å². The van der Waals surface area contributed by atoms with E-state index in [0.717, 1.165) is 27.8 Å². The minimum absolute atomic E-state index is 0.172. The SMILES string of the molecule is CCOC(=O)c1c(-c2ccc(C)cc2C)csc1NC(=O)/C=C/c1ccc(OCOC)cc1. The van der Waals surface area contributed by atoms with Gasteiger partial charge in [-0.15, -0.1) is 11.3 Å². The standard InChI is InChI=1S/C26H27NO5S/c1-5-31-26(29)24-22(21-12-6-17(2)14-18(21)3)15-33-25(24)27-23(28)13-9-19-7-10-20(11-8-19)32-16-30-4/h6-15H,5,16H2,1-4H3,(H,27,28)/b13-9+. The number of methoxy groups -OCH3 is 1. The van der Waals surface area contributed by atoms with Crippen LogP contribution in [0.4, 0.5) is 5.00 Å². The predicted octanol–water partition coefficient (Wildman–Crippen LogP) is 5.84. The molecule has 0 aliphatic heterocycles. The molecule has 172 valence electrons. The molecule has 0 saturated heterocycles. The van der Waals surface area contributed by atoms with Crippen molar-refractivity contribution in [2.24, 2.45) is 0 Å². The third kappa shape index (κ3) is 6.31. The van der Waals surface area contributed by atoms with Gasteiger partial charge in [0.25, 0.3) is 0 Å². The van der Waals surface area contributed by atoms with E-state index in [0.29, 0.717) is 16.3 Å². The first-order chi connectivity index (χ1) is 15.9. The van der Waals surface area contributed by atoms with Crippen molar-refractivity contribution in [1.82, 2.24) is 0 Å². The molecule has 33 heavy (non-hydrogen) atoms. The molecular formula is C26H27NO5S. The Morgan fingerprint density at radius 2 is 1.82 bits per heavy atom. The Kier molecular flexibility index (Phi) is 8.40. The molecule has 0 fully saturated rings. The molecule has 1 aromatic heterocycles. The number of nitrogens with one attached hydrogen (secondary N) is 1. The molecule has 0 saturated carbocycles. The maximum atomic E-state index is 12.8. The van der Waals surface area contributed by atoms with Crippen molar-refractivity contribution in [1.29, 1.82) is 0 Å². The van der Waals surface area contributed by atoms with Gasteiger partial charge in [-0.25, -0.2) is 4.79 Å². The molecule has 3 rings (SSSR count). The summed E-state index contributed by atoms with van der Waals surface area (Å²) in [6.45, 7) is 6.20. The summed E-state index contributed by atoms with van der Waals surface area (Å²) in [6, 6.07) is 13.3. The number of thiophene rings is 1. The molecule has 0 spiro atoms. The van der Waals surface area contributed by atoms with Crippen molar-refractivity contribution >= 4 is 34.3 Å². The lowest BCUT2D eigenvalue weighted by atomic mass is 9.97. The second-order valence-corrected chi connectivity index (χ2v) is 8.21. The van der Waals surface area contributed by atoms with Crippen LogP contribution < -0.4 is 10.1 Å². The number of carbonyl (C=O) groups excluding carboxylic acids is 2. The zero-order valence-electron chi connectivity index (χ0n) is 19.1. The summed E-state index contributed by atoms with van der Waals surface area (Å²) in [5.74, 6) is -0.121. The van der Waals surface area contributed by atoms with Gasteiger partial charge < -0.3 is 19.5 Å². The molecule has 0 bridgehead atoms. The number of hydrogen-bond acceptors (Lipinski definition) is 6. The number of benzene rings is 2. The Labute approximate surface area is 197 Å². The summed E-state index contributed by atoms with van der Waals surface area (Å²) in [4.78, 5) is 25.4. The van der Waals surface area contributed by atoms with Crippen LogP contribution in [0.2, 0.25) is 0 Å². The fourth-order valence-corrected chi connectivity index (χ4v) is 4.25. The first-order valence-electron chi connectivity index (χ1n) is 10.5. The number of esters is 1. The summed E-state index contributed by atoms with van der Waals surface area (Å²) >= 11 is 1.30. The van der Waals surface area contributed by atoms with E-state index in [1.807, 2.05) is 43.5 Å². The fraction of sp³-hybridized carbons (Fsp3) is 0.231. The third-order valence-electron chi connectivity index (χ3n) is 4.83. The lowest BCUT2D eigenvalue weighted by molar-refractivity contribution is -0.111. The van der Waals surface area contributed by atoms with E-state index in [9.17, 15) is 9.59 Å². The van der Waals surface area contributed by atoms with Crippen LogP contribution in [-0.2, 0) is 14.3 Å². The molecule has 6 nitrogen and oxygen atoms in total. The van der Waals surface area contributed by atoms with Crippen LogP contribution in [0.25, 0.3) is 17.2 Å². The lowest BCUT2D eigenvalue weighted by Crippen LogP contribution is -2.12. The molecule has 3 aromatic rings. The quantitative estimate of drug-likeness (QED) is 0.244. The van der Waals surface area contributed by atoms with Gasteiger partial charge in [0, 0.05) is 24.1 Å². The first kappa shape index (κ1) is 24.2. The molecule has 0 aliphatic carbocycles. The van der Waals surface area contributed by atoms with Crippen LogP contribution in [0.5, 0.6) is 5.75 Å². The average molecular weight is 466 g/mol. The van der Waals surface area contributed by atoms with Crippen LogP contribution >= 0.6 is 11.3 Å². The van der Waals surface area contributed by atoms with Gasteiger partial charge in [0.1, 0.15) is 16.3 Å². The van der Waals surface area contributed by atoms with E-state index in [-0.39, 0.29) is 19.3 Å². The Bertz CT molecular complexity index is 1150.